The number of ketones is 1. The molecule has 0 aromatic heterocycles. The first-order valence-electron chi connectivity index (χ1n) is 13.5. The quantitative estimate of drug-likeness (QED) is 0.238. The van der Waals surface area contributed by atoms with Gasteiger partial charge in [0.2, 0.25) is 0 Å². The van der Waals surface area contributed by atoms with Gasteiger partial charge in [0.05, 0.1) is 12.0 Å². The topological polar surface area (TPSA) is 75.6 Å². The highest BCUT2D eigenvalue weighted by Gasteiger charge is 2.34. The number of alkyl carbamates (subject to hydrolysis) is 1. The van der Waals surface area contributed by atoms with E-state index >= 15 is 0 Å². The van der Waals surface area contributed by atoms with Crippen molar-refractivity contribution in [2.75, 3.05) is 6.61 Å². The van der Waals surface area contributed by atoms with E-state index in [2.05, 4.69) is 29.6 Å². The van der Waals surface area contributed by atoms with E-state index in [0.717, 1.165) is 27.8 Å². The maximum Gasteiger partial charge on any atom is 0.407 e. The number of hydrogen-bond donors (Lipinski definition) is 2. The third-order valence-corrected chi connectivity index (χ3v) is 7.58. The first kappa shape index (κ1) is 26.4. The molecule has 0 heterocycles. The van der Waals surface area contributed by atoms with Crippen molar-refractivity contribution in [3.8, 4) is 11.1 Å². The van der Waals surface area contributed by atoms with Crippen molar-refractivity contribution < 1.29 is 19.4 Å². The van der Waals surface area contributed by atoms with Crippen molar-refractivity contribution in [2.45, 2.75) is 37.8 Å². The maximum absolute atomic E-state index is 13.5. The van der Waals surface area contributed by atoms with E-state index in [0.29, 0.717) is 18.4 Å². The molecule has 0 fully saturated rings. The van der Waals surface area contributed by atoms with E-state index < -0.39 is 24.2 Å². The Balaban J connectivity index is 1.27. The Hall–Kier alpha value is -4.22. The van der Waals surface area contributed by atoms with E-state index in [1.807, 2.05) is 60.7 Å². The predicted molar refractivity (Wildman–Crippen MR) is 153 cm³/mol. The lowest BCUT2D eigenvalue weighted by molar-refractivity contribution is 0.0557. The van der Waals surface area contributed by atoms with Gasteiger partial charge in [0.15, 0.2) is 5.78 Å². The number of benzene rings is 4. The van der Waals surface area contributed by atoms with Gasteiger partial charge in [0, 0.05) is 17.5 Å². The van der Waals surface area contributed by atoms with Crippen LogP contribution in [0.2, 0.25) is 0 Å². The number of aliphatic hydroxyl groups is 1. The molecule has 5 nitrogen and oxygen atoms in total. The maximum atomic E-state index is 13.5. The van der Waals surface area contributed by atoms with Crippen LogP contribution in [-0.2, 0) is 11.2 Å². The van der Waals surface area contributed by atoms with Crippen LogP contribution in [0, 0.1) is 5.92 Å². The molecule has 0 radical (unpaired) electrons. The monoisotopic (exact) mass is 519 g/mol. The highest BCUT2D eigenvalue weighted by Crippen LogP contribution is 2.44. The van der Waals surface area contributed by atoms with Gasteiger partial charge in [0.25, 0.3) is 0 Å². The number of carbonyl (C=O) groups excluding carboxylic acids is 2. The van der Waals surface area contributed by atoms with Crippen LogP contribution >= 0.6 is 0 Å². The molecule has 1 aliphatic rings. The Labute approximate surface area is 229 Å². The average molecular weight is 520 g/mol. The average Bonchev–Trinajstić information content (AvgIpc) is 3.29. The Morgan fingerprint density at radius 1 is 0.795 bits per heavy atom. The minimum atomic E-state index is -0.943. The minimum Gasteiger partial charge on any atom is -0.449 e. The van der Waals surface area contributed by atoms with Gasteiger partial charge < -0.3 is 15.2 Å². The van der Waals surface area contributed by atoms with Crippen LogP contribution in [0.4, 0.5) is 4.79 Å². The molecule has 0 saturated carbocycles. The zero-order valence-electron chi connectivity index (χ0n) is 22.0. The van der Waals surface area contributed by atoms with E-state index in [1.165, 1.54) is 0 Å². The molecule has 5 heteroatoms. The second kappa shape index (κ2) is 12.1. The molecule has 0 saturated heterocycles. The van der Waals surface area contributed by atoms with Gasteiger partial charge in [-0.25, -0.2) is 4.79 Å². The van der Waals surface area contributed by atoms with E-state index in [4.69, 9.17) is 4.74 Å². The summed E-state index contributed by atoms with van der Waals surface area (Å²) in [5, 5.41) is 14.0. The van der Waals surface area contributed by atoms with E-state index in [1.54, 1.807) is 31.2 Å². The minimum absolute atomic E-state index is 0.0586. The standard InChI is InChI=1S/C34H33NO4/c1-23(32(33(37)25-14-6-3-7-15-25)31(36)21-20-24-12-4-2-5-13-24)35-34(38)39-22-30-28-18-10-8-16-26(28)27-17-9-11-19-29(27)30/h2-19,23,30-32,36H,20-22H2,1H3,(H,35,38)/t23-,31+,32+/m0/s1. The zero-order chi connectivity index (χ0) is 27.2. The third kappa shape index (κ3) is 5.94. The molecule has 0 spiro atoms. The Morgan fingerprint density at radius 3 is 1.95 bits per heavy atom. The molecule has 0 aliphatic heterocycles. The Morgan fingerprint density at radius 2 is 1.33 bits per heavy atom. The van der Waals surface area contributed by atoms with Gasteiger partial charge in [-0.3, -0.25) is 4.79 Å². The molecular weight excluding hydrogens is 486 g/mol. The van der Waals surface area contributed by atoms with Crippen LogP contribution in [0.25, 0.3) is 11.1 Å². The summed E-state index contributed by atoms with van der Waals surface area (Å²) in [4.78, 5) is 26.5. The number of amides is 1. The first-order chi connectivity index (χ1) is 19.0. The number of aliphatic hydroxyl groups excluding tert-OH is 1. The highest BCUT2D eigenvalue weighted by molar-refractivity contribution is 5.98. The molecular formula is C34H33NO4. The van der Waals surface area contributed by atoms with Crippen LogP contribution in [0.1, 0.15) is 46.3 Å². The summed E-state index contributed by atoms with van der Waals surface area (Å²) < 4.78 is 5.71. The van der Waals surface area contributed by atoms with Gasteiger partial charge in [-0.2, -0.15) is 0 Å². The first-order valence-corrected chi connectivity index (χ1v) is 13.5. The number of nitrogens with one attached hydrogen (secondary N) is 1. The fourth-order valence-corrected chi connectivity index (χ4v) is 5.58. The lowest BCUT2D eigenvalue weighted by Crippen LogP contribution is -2.47. The smallest absolute Gasteiger partial charge is 0.407 e. The van der Waals surface area contributed by atoms with Crippen molar-refractivity contribution in [3.63, 3.8) is 0 Å². The van der Waals surface area contributed by atoms with Crippen molar-refractivity contribution in [2.24, 2.45) is 5.92 Å². The SMILES string of the molecule is C[C@H](NC(=O)OCC1c2ccccc2-c2ccccc21)[C@@H](C(=O)c1ccccc1)[C@H](O)CCc1ccccc1. The number of ether oxygens (including phenoxy) is 1. The fraction of sp³-hybridized carbons (Fsp3) is 0.235. The number of carbonyl (C=O) groups is 2. The number of fused-ring (bicyclic) bond motifs is 3. The number of hydrogen-bond acceptors (Lipinski definition) is 4. The summed E-state index contributed by atoms with van der Waals surface area (Å²) >= 11 is 0. The van der Waals surface area contributed by atoms with Crippen LogP contribution in [0.15, 0.2) is 109 Å². The second-order valence-corrected chi connectivity index (χ2v) is 10.1. The van der Waals surface area contributed by atoms with Crippen molar-refractivity contribution in [3.05, 3.63) is 131 Å². The number of Topliss-reactive ketones (excluding diaryl/α,β-unsaturated/α-hetero) is 1. The van der Waals surface area contributed by atoms with Crippen LogP contribution in [0.3, 0.4) is 0 Å². The summed E-state index contributed by atoms with van der Waals surface area (Å²) in [5.41, 5.74) is 6.17. The fourth-order valence-electron chi connectivity index (χ4n) is 5.58. The van der Waals surface area contributed by atoms with Crippen molar-refractivity contribution >= 4 is 11.9 Å². The lowest BCUT2D eigenvalue weighted by Gasteiger charge is -2.28. The molecule has 4 aromatic rings. The van der Waals surface area contributed by atoms with Gasteiger partial charge in [-0.05, 0) is 47.6 Å². The van der Waals surface area contributed by atoms with Gasteiger partial charge in [-0.1, -0.05) is 109 Å². The molecule has 5 rings (SSSR count). The molecule has 4 aromatic carbocycles. The van der Waals surface area contributed by atoms with Gasteiger partial charge in [0.1, 0.15) is 6.61 Å². The molecule has 1 aliphatic carbocycles. The molecule has 198 valence electrons. The molecule has 0 bridgehead atoms. The van der Waals surface area contributed by atoms with Crippen LogP contribution in [-0.4, -0.2) is 35.7 Å². The summed E-state index contributed by atoms with van der Waals surface area (Å²) in [6.45, 7) is 1.93. The highest BCUT2D eigenvalue weighted by atomic mass is 16.5. The molecule has 3 atom stereocenters. The predicted octanol–water partition coefficient (Wildman–Crippen LogP) is 6.41. The zero-order valence-corrected chi connectivity index (χ0v) is 22.0. The van der Waals surface area contributed by atoms with Crippen LogP contribution in [0.5, 0.6) is 0 Å². The van der Waals surface area contributed by atoms with Gasteiger partial charge >= 0.3 is 6.09 Å². The Bertz CT molecular complexity index is 1370. The summed E-state index contributed by atoms with van der Waals surface area (Å²) in [5.74, 6) is -1.09. The van der Waals surface area contributed by atoms with Gasteiger partial charge in [-0.15, -0.1) is 0 Å². The number of rotatable bonds is 10. The van der Waals surface area contributed by atoms with Crippen molar-refractivity contribution in [1.29, 1.82) is 0 Å². The second-order valence-electron chi connectivity index (χ2n) is 10.1. The van der Waals surface area contributed by atoms with Crippen LogP contribution < -0.4 is 5.32 Å². The van der Waals surface area contributed by atoms with Crippen molar-refractivity contribution in [1.82, 2.24) is 5.32 Å². The molecule has 0 unspecified atom stereocenters. The van der Waals surface area contributed by atoms with E-state index in [9.17, 15) is 14.7 Å². The third-order valence-electron chi connectivity index (χ3n) is 7.58. The van der Waals surface area contributed by atoms with E-state index in [-0.39, 0.29) is 18.3 Å². The molecule has 39 heavy (non-hydrogen) atoms. The normalized spacial score (nSPS) is 14.5. The largest absolute Gasteiger partial charge is 0.449 e. The Kier molecular flexibility index (Phi) is 8.18. The summed E-state index contributed by atoms with van der Waals surface area (Å²) in [6.07, 6.45) is -0.533. The summed E-state index contributed by atoms with van der Waals surface area (Å²) in [7, 11) is 0. The molecule has 2 N–H and O–H groups in total. The lowest BCUT2D eigenvalue weighted by atomic mass is 9.84. The number of aryl methyl sites for hydroxylation is 1. The summed E-state index contributed by atoms with van der Waals surface area (Å²) in [6, 6.07) is 34.5. The molecule has 1 amide bonds.